The van der Waals surface area contributed by atoms with E-state index in [1.165, 1.54) is 5.56 Å². The van der Waals surface area contributed by atoms with Gasteiger partial charge < -0.3 is 14.2 Å². The fourth-order valence-electron chi connectivity index (χ4n) is 1.52. The molecule has 1 aromatic carbocycles. The van der Waals surface area contributed by atoms with Gasteiger partial charge in [-0.1, -0.05) is 30.3 Å². The van der Waals surface area contributed by atoms with Crippen molar-refractivity contribution in [2.24, 2.45) is 0 Å². The minimum atomic E-state index is -0.191. The standard InChI is InChI=1S/C12H16O3/c1-10-7-14-12(15-10)9-13-8-11-5-3-2-4-6-11/h2-6,10,12H,7-9H2,1H3/t10?,12-/m0/s1. The van der Waals surface area contributed by atoms with Crippen LogP contribution in [0.1, 0.15) is 12.5 Å². The second-order valence-corrected chi connectivity index (χ2v) is 3.71. The van der Waals surface area contributed by atoms with Gasteiger partial charge in [0.25, 0.3) is 0 Å². The molecular formula is C12H16O3. The van der Waals surface area contributed by atoms with E-state index in [0.29, 0.717) is 19.8 Å². The van der Waals surface area contributed by atoms with Gasteiger partial charge in [0.15, 0.2) is 6.29 Å². The van der Waals surface area contributed by atoms with E-state index >= 15 is 0 Å². The van der Waals surface area contributed by atoms with E-state index in [9.17, 15) is 0 Å². The minimum absolute atomic E-state index is 0.190. The monoisotopic (exact) mass is 208 g/mol. The van der Waals surface area contributed by atoms with Crippen molar-refractivity contribution in [3.63, 3.8) is 0 Å². The van der Waals surface area contributed by atoms with Crippen LogP contribution in [0.15, 0.2) is 30.3 Å². The summed E-state index contributed by atoms with van der Waals surface area (Å²) in [5.74, 6) is 0. The van der Waals surface area contributed by atoms with Gasteiger partial charge in [0.05, 0.1) is 25.9 Å². The summed E-state index contributed by atoms with van der Waals surface area (Å²) in [6.45, 7) is 3.77. The van der Waals surface area contributed by atoms with Crippen molar-refractivity contribution in [1.82, 2.24) is 0 Å². The van der Waals surface area contributed by atoms with Crippen molar-refractivity contribution in [2.45, 2.75) is 25.9 Å². The van der Waals surface area contributed by atoms with Crippen molar-refractivity contribution in [3.05, 3.63) is 35.9 Å². The number of ether oxygens (including phenoxy) is 3. The molecule has 1 unspecified atom stereocenters. The van der Waals surface area contributed by atoms with Crippen LogP contribution < -0.4 is 0 Å². The van der Waals surface area contributed by atoms with Gasteiger partial charge in [0.2, 0.25) is 0 Å². The number of rotatable bonds is 4. The highest BCUT2D eigenvalue weighted by Gasteiger charge is 2.22. The lowest BCUT2D eigenvalue weighted by atomic mass is 10.2. The first-order chi connectivity index (χ1) is 7.34. The van der Waals surface area contributed by atoms with Crippen LogP contribution in [-0.4, -0.2) is 25.6 Å². The zero-order valence-electron chi connectivity index (χ0n) is 8.89. The van der Waals surface area contributed by atoms with Gasteiger partial charge >= 0.3 is 0 Å². The lowest BCUT2D eigenvalue weighted by Crippen LogP contribution is -2.17. The van der Waals surface area contributed by atoms with E-state index in [-0.39, 0.29) is 12.4 Å². The predicted octanol–water partition coefficient (Wildman–Crippen LogP) is 1.96. The predicted molar refractivity (Wildman–Crippen MR) is 56.4 cm³/mol. The topological polar surface area (TPSA) is 27.7 Å². The van der Waals surface area contributed by atoms with E-state index in [1.54, 1.807) is 0 Å². The van der Waals surface area contributed by atoms with Gasteiger partial charge in [-0.3, -0.25) is 0 Å². The summed E-state index contributed by atoms with van der Waals surface area (Å²) in [4.78, 5) is 0. The molecule has 3 heteroatoms. The van der Waals surface area contributed by atoms with Gasteiger partial charge in [-0.2, -0.15) is 0 Å². The third kappa shape index (κ3) is 3.30. The highest BCUT2D eigenvalue weighted by atomic mass is 16.7. The maximum absolute atomic E-state index is 5.50. The lowest BCUT2D eigenvalue weighted by molar-refractivity contribution is -0.106. The van der Waals surface area contributed by atoms with Gasteiger partial charge in [-0.25, -0.2) is 0 Å². The van der Waals surface area contributed by atoms with Crippen LogP contribution >= 0.6 is 0 Å². The molecule has 1 aliphatic heterocycles. The fraction of sp³-hybridized carbons (Fsp3) is 0.500. The fourth-order valence-corrected chi connectivity index (χ4v) is 1.52. The van der Waals surface area contributed by atoms with Gasteiger partial charge in [-0.05, 0) is 12.5 Å². The van der Waals surface area contributed by atoms with Crippen LogP contribution in [-0.2, 0) is 20.8 Å². The zero-order chi connectivity index (χ0) is 10.5. The molecule has 2 rings (SSSR count). The average molecular weight is 208 g/mol. The Kier molecular flexibility index (Phi) is 3.72. The molecule has 1 heterocycles. The molecule has 0 aromatic heterocycles. The van der Waals surface area contributed by atoms with Crippen molar-refractivity contribution in [1.29, 1.82) is 0 Å². The molecule has 3 nitrogen and oxygen atoms in total. The Morgan fingerprint density at radius 1 is 1.33 bits per heavy atom. The maximum Gasteiger partial charge on any atom is 0.181 e. The molecule has 0 saturated carbocycles. The van der Waals surface area contributed by atoms with E-state index in [0.717, 1.165) is 0 Å². The summed E-state index contributed by atoms with van der Waals surface area (Å²) in [6.07, 6.45) is -0.000891. The summed E-state index contributed by atoms with van der Waals surface area (Å²) in [5.41, 5.74) is 1.17. The van der Waals surface area contributed by atoms with Gasteiger partial charge in [-0.15, -0.1) is 0 Å². The zero-order valence-corrected chi connectivity index (χ0v) is 8.89. The number of hydrogen-bond donors (Lipinski definition) is 0. The number of hydrogen-bond acceptors (Lipinski definition) is 3. The third-order valence-electron chi connectivity index (χ3n) is 2.27. The Balaban J connectivity index is 1.67. The van der Waals surface area contributed by atoms with E-state index < -0.39 is 0 Å². The first kappa shape index (κ1) is 10.6. The van der Waals surface area contributed by atoms with Gasteiger partial charge in [0.1, 0.15) is 0 Å². The van der Waals surface area contributed by atoms with Crippen molar-refractivity contribution in [2.75, 3.05) is 13.2 Å². The summed E-state index contributed by atoms with van der Waals surface area (Å²) in [5, 5.41) is 0. The first-order valence-corrected chi connectivity index (χ1v) is 5.23. The van der Waals surface area contributed by atoms with E-state index in [1.807, 2.05) is 37.3 Å². The second-order valence-electron chi connectivity index (χ2n) is 3.71. The molecule has 0 aliphatic carbocycles. The Bertz CT molecular complexity index is 286. The molecule has 0 bridgehead atoms. The lowest BCUT2D eigenvalue weighted by Gasteiger charge is -2.10. The van der Waals surface area contributed by atoms with E-state index in [2.05, 4.69) is 0 Å². The quantitative estimate of drug-likeness (QED) is 0.757. The van der Waals surface area contributed by atoms with Crippen LogP contribution in [0.25, 0.3) is 0 Å². The molecule has 1 aliphatic rings. The Morgan fingerprint density at radius 2 is 2.13 bits per heavy atom. The average Bonchev–Trinajstić information content (AvgIpc) is 2.66. The van der Waals surface area contributed by atoms with Crippen LogP contribution in [0.2, 0.25) is 0 Å². The largest absolute Gasteiger partial charge is 0.371 e. The number of benzene rings is 1. The molecule has 2 atom stereocenters. The highest BCUT2D eigenvalue weighted by Crippen LogP contribution is 2.11. The summed E-state index contributed by atoms with van der Waals surface area (Å²) < 4.78 is 16.3. The minimum Gasteiger partial charge on any atom is -0.371 e. The third-order valence-corrected chi connectivity index (χ3v) is 2.27. The maximum atomic E-state index is 5.50. The summed E-state index contributed by atoms with van der Waals surface area (Å²) >= 11 is 0. The first-order valence-electron chi connectivity index (χ1n) is 5.23. The Labute approximate surface area is 90.0 Å². The van der Waals surface area contributed by atoms with Crippen molar-refractivity contribution >= 4 is 0 Å². The van der Waals surface area contributed by atoms with Crippen molar-refractivity contribution in [3.8, 4) is 0 Å². The summed E-state index contributed by atoms with van der Waals surface area (Å²) in [7, 11) is 0. The smallest absolute Gasteiger partial charge is 0.181 e. The molecule has 0 spiro atoms. The molecule has 1 aromatic rings. The van der Waals surface area contributed by atoms with Crippen LogP contribution in [0.5, 0.6) is 0 Å². The van der Waals surface area contributed by atoms with Crippen LogP contribution in [0.3, 0.4) is 0 Å². The molecule has 1 saturated heterocycles. The van der Waals surface area contributed by atoms with Gasteiger partial charge in [0, 0.05) is 0 Å². The Morgan fingerprint density at radius 3 is 2.80 bits per heavy atom. The van der Waals surface area contributed by atoms with E-state index in [4.69, 9.17) is 14.2 Å². The summed E-state index contributed by atoms with van der Waals surface area (Å²) in [6, 6.07) is 10.1. The molecule has 1 fully saturated rings. The van der Waals surface area contributed by atoms with Crippen molar-refractivity contribution < 1.29 is 14.2 Å². The normalized spacial score (nSPS) is 25.7. The molecule has 0 amide bonds. The molecule has 0 radical (unpaired) electrons. The Hall–Kier alpha value is -0.900. The van der Waals surface area contributed by atoms with Crippen LogP contribution in [0.4, 0.5) is 0 Å². The van der Waals surface area contributed by atoms with Crippen LogP contribution in [0, 0.1) is 0 Å². The molecule has 82 valence electrons. The second kappa shape index (κ2) is 5.26. The highest BCUT2D eigenvalue weighted by molar-refractivity contribution is 5.13. The molecule has 0 N–H and O–H groups in total. The molecular weight excluding hydrogens is 192 g/mol. The molecule has 15 heavy (non-hydrogen) atoms. The SMILES string of the molecule is CC1CO[C@H](COCc2ccccc2)O1.